The number of rotatable bonds is 65. The molecule has 0 saturated carbocycles. The van der Waals surface area contributed by atoms with Crippen molar-refractivity contribution in [1.82, 2.24) is 0 Å². The van der Waals surface area contributed by atoms with Gasteiger partial charge in [-0.3, -0.25) is 14.4 Å². The Labute approximate surface area is 469 Å². The average Bonchev–Trinajstić information content (AvgIpc) is 3.41. The molecule has 0 saturated heterocycles. The summed E-state index contributed by atoms with van der Waals surface area (Å²) >= 11 is 0. The SMILES string of the molecule is CCCCCCCCCCCCCCCCCCCCCCCCCCCCCCCCCCCC(=O)OCC(COC(=O)CCCCCCCC)OC(=O)CCCCCCCCCCCCCCCCCCCC. The van der Waals surface area contributed by atoms with E-state index in [-0.39, 0.29) is 31.1 Å². The highest BCUT2D eigenvalue weighted by molar-refractivity contribution is 5.71. The van der Waals surface area contributed by atoms with Gasteiger partial charge in [0.1, 0.15) is 13.2 Å². The molecule has 0 N–H and O–H groups in total. The Bertz CT molecular complexity index is 1120. The van der Waals surface area contributed by atoms with Gasteiger partial charge in [0, 0.05) is 19.3 Å². The van der Waals surface area contributed by atoms with Gasteiger partial charge in [0.05, 0.1) is 0 Å². The molecule has 0 aromatic heterocycles. The maximum atomic E-state index is 12.8. The van der Waals surface area contributed by atoms with Crippen molar-refractivity contribution in [3.63, 3.8) is 0 Å². The lowest BCUT2D eigenvalue weighted by Crippen LogP contribution is -2.30. The molecule has 0 bridgehead atoms. The Morgan fingerprint density at radius 3 is 0.533 bits per heavy atom. The number of unbranched alkanes of at least 4 members (excludes halogenated alkanes) is 54. The molecule has 0 heterocycles. The van der Waals surface area contributed by atoms with Crippen LogP contribution >= 0.6 is 0 Å². The van der Waals surface area contributed by atoms with E-state index in [0.29, 0.717) is 19.3 Å². The first-order valence-electron chi connectivity index (χ1n) is 34.5. The van der Waals surface area contributed by atoms with Crippen molar-refractivity contribution in [2.45, 2.75) is 412 Å². The molecule has 1 atom stereocenters. The highest BCUT2D eigenvalue weighted by Gasteiger charge is 2.19. The first-order valence-corrected chi connectivity index (χ1v) is 34.5. The smallest absolute Gasteiger partial charge is 0.306 e. The van der Waals surface area contributed by atoms with Crippen LogP contribution in [0.15, 0.2) is 0 Å². The van der Waals surface area contributed by atoms with Crippen LogP contribution in [-0.2, 0) is 28.6 Å². The van der Waals surface area contributed by atoms with E-state index in [1.54, 1.807) is 0 Å². The lowest BCUT2D eigenvalue weighted by Gasteiger charge is -2.18. The third-order valence-electron chi connectivity index (χ3n) is 16.1. The van der Waals surface area contributed by atoms with Gasteiger partial charge in [0.25, 0.3) is 0 Å². The molecule has 0 radical (unpaired) electrons. The van der Waals surface area contributed by atoms with E-state index in [0.717, 1.165) is 57.8 Å². The van der Waals surface area contributed by atoms with Crippen LogP contribution in [0.1, 0.15) is 406 Å². The quantitative estimate of drug-likeness (QED) is 0.0343. The highest BCUT2D eigenvalue weighted by Crippen LogP contribution is 2.19. The molecule has 6 heteroatoms. The third kappa shape index (κ3) is 63.1. The fourth-order valence-electron chi connectivity index (χ4n) is 10.9. The summed E-state index contributed by atoms with van der Waals surface area (Å²) in [6.45, 7) is 6.67. The molecule has 0 fully saturated rings. The van der Waals surface area contributed by atoms with E-state index in [1.165, 1.54) is 308 Å². The van der Waals surface area contributed by atoms with Gasteiger partial charge in [-0.05, 0) is 19.3 Å². The Morgan fingerprint density at radius 2 is 0.360 bits per heavy atom. The molecule has 446 valence electrons. The lowest BCUT2D eigenvalue weighted by molar-refractivity contribution is -0.167. The summed E-state index contributed by atoms with van der Waals surface area (Å²) in [5.74, 6) is -0.840. The number of esters is 3. The summed E-state index contributed by atoms with van der Waals surface area (Å²) in [6, 6.07) is 0. The molecule has 0 aromatic carbocycles. The standard InChI is InChI=1S/C69H134O6/c1-4-7-10-13-16-18-20-22-24-26-28-29-30-31-32-33-34-35-36-37-38-39-40-41-42-44-45-47-49-51-53-56-59-62-68(71)74-65-66(64-73-67(70)61-58-55-15-12-9-6-3)75-69(72)63-60-57-54-52-50-48-46-43-27-25-23-21-19-17-14-11-8-5-2/h66H,4-65H2,1-3H3. The van der Waals surface area contributed by atoms with Crippen molar-refractivity contribution in [3.8, 4) is 0 Å². The van der Waals surface area contributed by atoms with Crippen LogP contribution in [0, 0.1) is 0 Å². The molecule has 0 amide bonds. The largest absolute Gasteiger partial charge is 0.462 e. The van der Waals surface area contributed by atoms with E-state index in [4.69, 9.17) is 14.2 Å². The van der Waals surface area contributed by atoms with Crippen LogP contribution in [0.5, 0.6) is 0 Å². The van der Waals surface area contributed by atoms with Gasteiger partial charge in [-0.1, -0.05) is 367 Å². The van der Waals surface area contributed by atoms with Crippen molar-refractivity contribution >= 4 is 17.9 Å². The molecule has 6 nitrogen and oxygen atoms in total. The van der Waals surface area contributed by atoms with E-state index in [1.807, 2.05) is 0 Å². The number of carbonyl (C=O) groups is 3. The summed E-state index contributed by atoms with van der Waals surface area (Å²) in [7, 11) is 0. The molecule has 0 aliphatic heterocycles. The normalized spacial score (nSPS) is 11.9. The number of carbonyl (C=O) groups excluding carboxylic acids is 3. The fraction of sp³-hybridized carbons (Fsp3) is 0.957. The highest BCUT2D eigenvalue weighted by atomic mass is 16.6. The molecular weight excluding hydrogens is 925 g/mol. The molecule has 0 aromatic rings. The third-order valence-corrected chi connectivity index (χ3v) is 16.1. The Balaban J connectivity index is 3.88. The van der Waals surface area contributed by atoms with Crippen LogP contribution < -0.4 is 0 Å². The molecule has 0 aliphatic rings. The van der Waals surface area contributed by atoms with Gasteiger partial charge in [-0.25, -0.2) is 0 Å². The summed E-state index contributed by atoms with van der Waals surface area (Å²) in [5.41, 5.74) is 0. The molecule has 75 heavy (non-hydrogen) atoms. The predicted octanol–water partition coefficient (Wildman–Crippen LogP) is 23.5. The van der Waals surface area contributed by atoms with Crippen LogP contribution in [0.4, 0.5) is 0 Å². The van der Waals surface area contributed by atoms with Crippen LogP contribution in [0.25, 0.3) is 0 Å². The van der Waals surface area contributed by atoms with Crippen LogP contribution in [-0.4, -0.2) is 37.2 Å². The molecule has 0 rings (SSSR count). The number of hydrogen-bond acceptors (Lipinski definition) is 6. The Hall–Kier alpha value is -1.59. The fourth-order valence-corrected chi connectivity index (χ4v) is 10.9. The van der Waals surface area contributed by atoms with E-state index >= 15 is 0 Å². The summed E-state index contributed by atoms with van der Waals surface area (Å²) in [6.07, 6.45) is 76.2. The van der Waals surface area contributed by atoms with Crippen molar-refractivity contribution in [3.05, 3.63) is 0 Å². The molecule has 0 aliphatic carbocycles. The Morgan fingerprint density at radius 1 is 0.213 bits per heavy atom. The molecular formula is C69H134O6. The second-order valence-electron chi connectivity index (χ2n) is 23.8. The average molecular weight is 1060 g/mol. The summed E-state index contributed by atoms with van der Waals surface area (Å²) < 4.78 is 16.8. The van der Waals surface area contributed by atoms with Crippen LogP contribution in [0.2, 0.25) is 0 Å². The molecule has 0 spiro atoms. The second-order valence-corrected chi connectivity index (χ2v) is 23.8. The zero-order valence-corrected chi connectivity index (χ0v) is 51.4. The van der Waals surface area contributed by atoms with Crippen molar-refractivity contribution in [2.24, 2.45) is 0 Å². The van der Waals surface area contributed by atoms with Gasteiger partial charge in [-0.2, -0.15) is 0 Å². The van der Waals surface area contributed by atoms with Crippen LogP contribution in [0.3, 0.4) is 0 Å². The number of hydrogen-bond donors (Lipinski definition) is 0. The minimum atomic E-state index is -0.761. The van der Waals surface area contributed by atoms with Gasteiger partial charge in [-0.15, -0.1) is 0 Å². The molecule has 1 unspecified atom stereocenters. The first-order chi connectivity index (χ1) is 37.0. The van der Waals surface area contributed by atoms with Gasteiger partial charge in [0.2, 0.25) is 0 Å². The van der Waals surface area contributed by atoms with Gasteiger partial charge in [0.15, 0.2) is 6.10 Å². The van der Waals surface area contributed by atoms with Crippen molar-refractivity contribution in [1.29, 1.82) is 0 Å². The minimum Gasteiger partial charge on any atom is -0.462 e. The van der Waals surface area contributed by atoms with E-state index in [9.17, 15) is 14.4 Å². The summed E-state index contributed by atoms with van der Waals surface area (Å²) in [4.78, 5) is 38.0. The first kappa shape index (κ1) is 73.4. The monoisotopic (exact) mass is 1060 g/mol. The van der Waals surface area contributed by atoms with Gasteiger partial charge < -0.3 is 14.2 Å². The predicted molar refractivity (Wildman–Crippen MR) is 326 cm³/mol. The second kappa shape index (κ2) is 64.9. The maximum Gasteiger partial charge on any atom is 0.306 e. The van der Waals surface area contributed by atoms with Crippen molar-refractivity contribution < 1.29 is 28.6 Å². The minimum absolute atomic E-state index is 0.0619. The summed E-state index contributed by atoms with van der Waals surface area (Å²) in [5, 5.41) is 0. The van der Waals surface area contributed by atoms with Crippen molar-refractivity contribution in [2.75, 3.05) is 13.2 Å². The number of ether oxygens (including phenoxy) is 3. The van der Waals surface area contributed by atoms with Gasteiger partial charge >= 0.3 is 17.9 Å². The lowest BCUT2D eigenvalue weighted by atomic mass is 10.0. The maximum absolute atomic E-state index is 12.8. The Kier molecular flexibility index (Phi) is 63.6. The van der Waals surface area contributed by atoms with E-state index in [2.05, 4.69) is 20.8 Å². The zero-order chi connectivity index (χ0) is 54.3. The van der Waals surface area contributed by atoms with E-state index < -0.39 is 6.10 Å². The topological polar surface area (TPSA) is 78.9 Å². The zero-order valence-electron chi connectivity index (χ0n) is 51.4.